The van der Waals surface area contributed by atoms with Crippen molar-refractivity contribution in [3.8, 4) is 0 Å². The number of H-pyrrole nitrogens is 1. The van der Waals surface area contributed by atoms with Crippen LogP contribution in [0.15, 0.2) is 60.8 Å². The molecule has 8 nitrogen and oxygen atoms in total. The summed E-state index contributed by atoms with van der Waals surface area (Å²) in [6.07, 6.45) is 3.06. The molecule has 3 aromatic rings. The molecule has 3 rings (SSSR count). The normalized spacial score (nSPS) is 15.8. The van der Waals surface area contributed by atoms with Gasteiger partial charge in [-0.25, -0.2) is 0 Å². The van der Waals surface area contributed by atoms with Gasteiger partial charge >= 0.3 is 0 Å². The summed E-state index contributed by atoms with van der Waals surface area (Å²) in [5, 5.41) is 3.69. The molecule has 1 aromatic heterocycles. The number of benzene rings is 2. The van der Waals surface area contributed by atoms with E-state index in [4.69, 9.17) is 11.5 Å². The number of carbonyl (C=O) groups excluding carboxylic acids is 2. The molecule has 0 spiro atoms. The molecule has 4 atom stereocenters. The third kappa shape index (κ3) is 7.53. The van der Waals surface area contributed by atoms with Crippen LogP contribution in [-0.2, 0) is 27.0 Å². The highest BCUT2D eigenvalue weighted by molar-refractivity contribution is 7.58. The van der Waals surface area contributed by atoms with Gasteiger partial charge in [-0.15, -0.1) is 0 Å². The summed E-state index contributed by atoms with van der Waals surface area (Å²) >= 11 is 0. The third-order valence-electron chi connectivity index (χ3n) is 6.46. The number of amides is 2. The maximum Gasteiger partial charge on any atom is 0.240 e. The van der Waals surface area contributed by atoms with Gasteiger partial charge in [0.1, 0.15) is 6.04 Å². The number of fused-ring (bicyclic) bond motifs is 1. The van der Waals surface area contributed by atoms with Gasteiger partial charge in [0.25, 0.3) is 0 Å². The summed E-state index contributed by atoms with van der Waals surface area (Å²) in [6, 6.07) is 16.3. The van der Waals surface area contributed by atoms with E-state index in [1.165, 1.54) is 0 Å². The fourth-order valence-electron chi connectivity index (χ4n) is 4.48. The average molecular weight is 513 g/mol. The van der Waals surface area contributed by atoms with Crippen LogP contribution in [0.4, 0.5) is 0 Å². The van der Waals surface area contributed by atoms with E-state index in [2.05, 4.69) is 10.3 Å². The minimum absolute atomic E-state index is 0.0990. The van der Waals surface area contributed by atoms with Crippen LogP contribution in [0, 0.1) is 11.8 Å². The maximum absolute atomic E-state index is 13.3. The number of aryl methyl sites for hydroxylation is 1. The minimum atomic E-state index is -3.85. The molecule has 194 valence electrons. The molecule has 1 heterocycles. The molecule has 0 bridgehead atoms. The maximum atomic E-state index is 13.3. The SMILES string of the molecule is CC(C)C[C@@H](CP(=O)(O)[C@@H](N)CCc1ccccc1)C(=O)N[C@@H](Cc1c[nH]c2ccccc12)C(N)=O. The first kappa shape index (κ1) is 27.7. The van der Waals surface area contributed by atoms with E-state index < -0.39 is 36.9 Å². The largest absolute Gasteiger partial charge is 0.368 e. The van der Waals surface area contributed by atoms with Gasteiger partial charge in [-0.2, -0.15) is 0 Å². The molecular formula is C27H37N4O4P. The van der Waals surface area contributed by atoms with Crippen molar-refractivity contribution in [3.63, 3.8) is 0 Å². The van der Waals surface area contributed by atoms with Crippen LogP contribution in [0.2, 0.25) is 0 Å². The molecule has 2 aromatic carbocycles. The van der Waals surface area contributed by atoms with E-state index in [9.17, 15) is 19.0 Å². The molecule has 0 saturated carbocycles. The van der Waals surface area contributed by atoms with Crippen molar-refractivity contribution in [3.05, 3.63) is 71.9 Å². The van der Waals surface area contributed by atoms with Crippen molar-refractivity contribution >= 4 is 30.1 Å². The standard InChI is InChI=1S/C27H37N4O4P/c1-18(2)14-21(17-36(34,35)25(28)13-12-19-8-4-3-5-9-19)27(33)31-24(26(29)32)15-20-16-30-23-11-7-6-10-22(20)23/h3-11,16,18,21,24-25,30H,12-15,17,28H2,1-2H3,(H2,29,32)(H,31,33)(H,34,35)/t21-,24-,25+/m0/s1. The quantitative estimate of drug-likeness (QED) is 0.222. The second-order valence-electron chi connectivity index (χ2n) is 9.88. The molecule has 0 aliphatic carbocycles. The number of aromatic amines is 1. The summed E-state index contributed by atoms with van der Waals surface area (Å²) in [7, 11) is -3.85. The van der Waals surface area contributed by atoms with Gasteiger partial charge in [0, 0.05) is 35.6 Å². The lowest BCUT2D eigenvalue weighted by atomic mass is 9.97. The highest BCUT2D eigenvalue weighted by Crippen LogP contribution is 2.48. The third-order valence-corrected chi connectivity index (χ3v) is 8.72. The summed E-state index contributed by atoms with van der Waals surface area (Å²) in [4.78, 5) is 39.5. The Kier molecular flexibility index (Phi) is 9.49. The van der Waals surface area contributed by atoms with Crippen LogP contribution < -0.4 is 16.8 Å². The Morgan fingerprint density at radius 1 is 1.08 bits per heavy atom. The number of hydrogen-bond donors (Lipinski definition) is 5. The zero-order valence-corrected chi connectivity index (χ0v) is 21.8. The predicted octanol–water partition coefficient (Wildman–Crippen LogP) is 3.53. The molecule has 9 heteroatoms. The number of nitrogens with one attached hydrogen (secondary N) is 2. The molecule has 0 aliphatic rings. The second-order valence-corrected chi connectivity index (χ2v) is 12.4. The van der Waals surface area contributed by atoms with Gasteiger partial charge < -0.3 is 26.7 Å². The Bertz CT molecular complexity index is 1210. The lowest BCUT2D eigenvalue weighted by Gasteiger charge is -2.26. The highest BCUT2D eigenvalue weighted by Gasteiger charge is 2.35. The summed E-state index contributed by atoms with van der Waals surface area (Å²) in [5.41, 5.74) is 14.6. The van der Waals surface area contributed by atoms with Gasteiger partial charge in [-0.05, 0) is 42.4 Å². The van der Waals surface area contributed by atoms with Gasteiger partial charge in [0.2, 0.25) is 19.2 Å². The summed E-state index contributed by atoms with van der Waals surface area (Å²) in [5.74, 6) is -2.74. The molecular weight excluding hydrogens is 475 g/mol. The smallest absolute Gasteiger partial charge is 0.240 e. The van der Waals surface area contributed by atoms with Gasteiger partial charge in [0.15, 0.2) is 0 Å². The zero-order valence-electron chi connectivity index (χ0n) is 20.9. The van der Waals surface area contributed by atoms with Crippen molar-refractivity contribution in [2.45, 2.75) is 51.4 Å². The van der Waals surface area contributed by atoms with E-state index in [-0.39, 0.29) is 18.5 Å². The van der Waals surface area contributed by atoms with Crippen LogP contribution in [0.3, 0.4) is 0 Å². The Morgan fingerprint density at radius 3 is 2.42 bits per heavy atom. The molecule has 7 N–H and O–H groups in total. The van der Waals surface area contributed by atoms with Crippen LogP contribution >= 0.6 is 7.37 Å². The topological polar surface area (TPSA) is 151 Å². The van der Waals surface area contributed by atoms with E-state index in [1.807, 2.05) is 68.4 Å². The predicted molar refractivity (Wildman–Crippen MR) is 144 cm³/mol. The lowest BCUT2D eigenvalue weighted by molar-refractivity contribution is -0.129. The number of hydrogen-bond acceptors (Lipinski definition) is 4. The van der Waals surface area contributed by atoms with Crippen molar-refractivity contribution < 1.29 is 19.0 Å². The number of aromatic nitrogens is 1. The lowest BCUT2D eigenvalue weighted by Crippen LogP contribution is -2.48. The molecule has 0 fully saturated rings. The second kappa shape index (κ2) is 12.3. The molecule has 0 radical (unpaired) electrons. The van der Waals surface area contributed by atoms with Crippen LogP contribution in [0.25, 0.3) is 10.9 Å². The molecule has 1 unspecified atom stereocenters. The Hall–Kier alpha value is -2.93. The first-order valence-electron chi connectivity index (χ1n) is 12.3. The Morgan fingerprint density at radius 2 is 1.75 bits per heavy atom. The first-order chi connectivity index (χ1) is 17.1. The van der Waals surface area contributed by atoms with Gasteiger partial charge in [-0.3, -0.25) is 14.2 Å². The monoisotopic (exact) mass is 512 g/mol. The molecule has 2 amide bonds. The number of rotatable bonds is 13. The van der Waals surface area contributed by atoms with Gasteiger partial charge in [-0.1, -0.05) is 62.4 Å². The Labute approximate surface area is 212 Å². The molecule has 0 aliphatic heterocycles. The number of nitrogens with two attached hydrogens (primary N) is 2. The molecule has 0 saturated heterocycles. The Balaban J connectivity index is 1.69. The van der Waals surface area contributed by atoms with Gasteiger partial charge in [0.05, 0.1) is 5.78 Å². The number of carbonyl (C=O) groups is 2. The van der Waals surface area contributed by atoms with E-state index >= 15 is 0 Å². The first-order valence-corrected chi connectivity index (χ1v) is 14.2. The van der Waals surface area contributed by atoms with Crippen molar-refractivity contribution in [1.29, 1.82) is 0 Å². The average Bonchev–Trinajstić information content (AvgIpc) is 3.24. The summed E-state index contributed by atoms with van der Waals surface area (Å²) < 4.78 is 13.2. The van der Waals surface area contributed by atoms with Crippen LogP contribution in [0.1, 0.15) is 37.8 Å². The highest BCUT2D eigenvalue weighted by atomic mass is 31.2. The van der Waals surface area contributed by atoms with E-state index in [0.717, 1.165) is 22.0 Å². The van der Waals surface area contributed by atoms with E-state index in [0.29, 0.717) is 19.3 Å². The van der Waals surface area contributed by atoms with Crippen LogP contribution in [-0.4, -0.2) is 39.7 Å². The van der Waals surface area contributed by atoms with Crippen LogP contribution in [0.5, 0.6) is 0 Å². The number of primary amides is 1. The molecule has 36 heavy (non-hydrogen) atoms. The van der Waals surface area contributed by atoms with Crippen molar-refractivity contribution in [1.82, 2.24) is 10.3 Å². The minimum Gasteiger partial charge on any atom is -0.368 e. The summed E-state index contributed by atoms with van der Waals surface area (Å²) in [6.45, 7) is 3.88. The van der Waals surface area contributed by atoms with Crippen molar-refractivity contribution in [2.24, 2.45) is 23.3 Å². The fraction of sp³-hybridized carbons (Fsp3) is 0.407. The van der Waals surface area contributed by atoms with E-state index in [1.54, 1.807) is 6.20 Å². The van der Waals surface area contributed by atoms with Crippen molar-refractivity contribution in [2.75, 3.05) is 6.16 Å². The zero-order chi connectivity index (χ0) is 26.3. The fourth-order valence-corrected chi connectivity index (χ4v) is 6.23. The number of para-hydroxylation sites is 1.